The van der Waals surface area contributed by atoms with E-state index in [4.69, 9.17) is 0 Å². The smallest absolute Gasteiger partial charge is 0.226 e. The number of amides is 1. The Hall–Kier alpha value is -1.65. The molecule has 5 heteroatoms. The zero-order chi connectivity index (χ0) is 16.9. The lowest BCUT2D eigenvalue weighted by Gasteiger charge is -2.55. The van der Waals surface area contributed by atoms with Gasteiger partial charge in [0.2, 0.25) is 11.9 Å². The van der Waals surface area contributed by atoms with Crippen molar-refractivity contribution in [2.75, 3.05) is 18.0 Å². The molecule has 1 aromatic rings. The van der Waals surface area contributed by atoms with E-state index in [0.717, 1.165) is 61.7 Å². The van der Waals surface area contributed by atoms with E-state index < -0.39 is 0 Å². The highest BCUT2D eigenvalue weighted by Gasteiger charge is 2.54. The summed E-state index contributed by atoms with van der Waals surface area (Å²) >= 11 is 0. The van der Waals surface area contributed by atoms with Crippen molar-refractivity contribution in [1.82, 2.24) is 15.3 Å². The molecule has 0 unspecified atom stereocenters. The number of hydrogen-bond acceptors (Lipinski definition) is 4. The summed E-state index contributed by atoms with van der Waals surface area (Å²) < 4.78 is 0. The van der Waals surface area contributed by atoms with E-state index in [1.165, 1.54) is 32.1 Å². The first-order valence-corrected chi connectivity index (χ1v) is 10.1. The number of nitrogens with zero attached hydrogens (tertiary/aromatic N) is 3. The summed E-state index contributed by atoms with van der Waals surface area (Å²) in [7, 11) is 0. The maximum Gasteiger partial charge on any atom is 0.226 e. The fourth-order valence-electron chi connectivity index (χ4n) is 6.30. The fourth-order valence-corrected chi connectivity index (χ4v) is 6.30. The van der Waals surface area contributed by atoms with Crippen LogP contribution >= 0.6 is 0 Å². The highest BCUT2D eigenvalue weighted by atomic mass is 16.2. The van der Waals surface area contributed by atoms with Crippen LogP contribution in [0.1, 0.15) is 57.1 Å². The molecule has 25 heavy (non-hydrogen) atoms. The molecule has 5 aliphatic rings. The van der Waals surface area contributed by atoms with Crippen LogP contribution in [0.4, 0.5) is 5.95 Å². The van der Waals surface area contributed by atoms with Crippen molar-refractivity contribution in [3.8, 4) is 0 Å². The Bertz CT molecular complexity index is 632. The normalized spacial score (nSPS) is 36.0. The third kappa shape index (κ3) is 2.81. The number of hydrogen-bond donors (Lipinski definition) is 1. The molecular formula is C20H28N4O. The van der Waals surface area contributed by atoms with Crippen molar-refractivity contribution >= 4 is 11.9 Å². The summed E-state index contributed by atoms with van der Waals surface area (Å²) in [6, 6.07) is 1.93. The summed E-state index contributed by atoms with van der Waals surface area (Å²) in [5.41, 5.74) is 0.856. The summed E-state index contributed by atoms with van der Waals surface area (Å²) in [6.07, 6.45) is 11.7. The number of rotatable bonds is 4. The molecule has 1 saturated heterocycles. The van der Waals surface area contributed by atoms with Crippen LogP contribution in [0.5, 0.6) is 0 Å². The number of carbonyl (C=O) groups excluding carboxylic acids is 1. The lowest BCUT2D eigenvalue weighted by molar-refractivity contribution is -0.146. The monoisotopic (exact) mass is 340 g/mol. The molecule has 1 N–H and O–H groups in total. The van der Waals surface area contributed by atoms with E-state index in [1.807, 2.05) is 12.3 Å². The molecule has 134 valence electrons. The molecule has 2 heterocycles. The van der Waals surface area contributed by atoms with E-state index in [0.29, 0.717) is 6.54 Å². The average Bonchev–Trinajstić information content (AvgIpc) is 3.13. The molecule has 0 spiro atoms. The number of nitrogens with one attached hydrogen (secondary N) is 1. The molecule has 1 aromatic heterocycles. The Morgan fingerprint density at radius 2 is 1.76 bits per heavy atom. The predicted molar refractivity (Wildman–Crippen MR) is 95.9 cm³/mol. The Kier molecular flexibility index (Phi) is 3.72. The molecule has 5 nitrogen and oxygen atoms in total. The topological polar surface area (TPSA) is 58.1 Å². The van der Waals surface area contributed by atoms with Crippen LogP contribution < -0.4 is 10.2 Å². The first kappa shape index (κ1) is 15.6. The lowest BCUT2D eigenvalue weighted by atomic mass is 9.49. The first-order valence-electron chi connectivity index (χ1n) is 10.1. The van der Waals surface area contributed by atoms with Crippen molar-refractivity contribution in [3.05, 3.63) is 18.0 Å². The van der Waals surface area contributed by atoms with Crippen molar-refractivity contribution in [2.24, 2.45) is 23.2 Å². The van der Waals surface area contributed by atoms with E-state index in [2.05, 4.69) is 20.2 Å². The molecule has 4 saturated carbocycles. The highest BCUT2D eigenvalue weighted by molar-refractivity contribution is 5.83. The quantitative estimate of drug-likeness (QED) is 0.915. The molecule has 5 fully saturated rings. The van der Waals surface area contributed by atoms with Crippen LogP contribution in [0.15, 0.2) is 12.3 Å². The molecule has 0 atom stereocenters. The largest absolute Gasteiger partial charge is 0.350 e. The summed E-state index contributed by atoms with van der Waals surface area (Å²) in [5.74, 6) is 3.51. The Balaban J connectivity index is 1.25. The van der Waals surface area contributed by atoms with E-state index >= 15 is 0 Å². The van der Waals surface area contributed by atoms with Crippen LogP contribution in [0.2, 0.25) is 0 Å². The van der Waals surface area contributed by atoms with Gasteiger partial charge in [0.15, 0.2) is 0 Å². The van der Waals surface area contributed by atoms with Crippen LogP contribution in [0.25, 0.3) is 0 Å². The SMILES string of the molecule is O=C(NCc1ccnc(N2CCCC2)n1)C12CC3CC(CC(C3)C1)C2. The summed E-state index contributed by atoms with van der Waals surface area (Å²) in [6.45, 7) is 2.62. The van der Waals surface area contributed by atoms with Gasteiger partial charge in [0.1, 0.15) is 0 Å². The van der Waals surface area contributed by atoms with Gasteiger partial charge in [-0.1, -0.05) is 0 Å². The van der Waals surface area contributed by atoms with Gasteiger partial charge in [-0.25, -0.2) is 9.97 Å². The maximum atomic E-state index is 13.0. The zero-order valence-corrected chi connectivity index (χ0v) is 14.9. The van der Waals surface area contributed by atoms with Gasteiger partial charge in [-0.3, -0.25) is 4.79 Å². The van der Waals surface area contributed by atoms with Gasteiger partial charge in [-0.05, 0) is 75.2 Å². The molecule has 1 aliphatic heterocycles. The van der Waals surface area contributed by atoms with Crippen LogP contribution in [0, 0.1) is 23.2 Å². The summed E-state index contributed by atoms with van der Waals surface area (Å²) in [5, 5.41) is 3.23. The maximum absolute atomic E-state index is 13.0. The second-order valence-corrected chi connectivity index (χ2v) is 8.92. The Labute approximate surface area is 149 Å². The fraction of sp³-hybridized carbons (Fsp3) is 0.750. The Morgan fingerprint density at radius 3 is 2.40 bits per heavy atom. The zero-order valence-electron chi connectivity index (χ0n) is 14.9. The van der Waals surface area contributed by atoms with Crippen LogP contribution in [0.3, 0.4) is 0 Å². The molecule has 4 bridgehead atoms. The molecule has 0 aromatic carbocycles. The number of carbonyl (C=O) groups is 1. The van der Waals surface area contributed by atoms with Gasteiger partial charge in [-0.15, -0.1) is 0 Å². The Morgan fingerprint density at radius 1 is 1.12 bits per heavy atom. The van der Waals surface area contributed by atoms with Crippen LogP contribution in [-0.2, 0) is 11.3 Å². The lowest BCUT2D eigenvalue weighted by Crippen LogP contribution is -2.53. The van der Waals surface area contributed by atoms with Gasteiger partial charge < -0.3 is 10.2 Å². The second-order valence-electron chi connectivity index (χ2n) is 8.92. The minimum atomic E-state index is -0.0699. The first-order chi connectivity index (χ1) is 12.2. The minimum Gasteiger partial charge on any atom is -0.350 e. The van der Waals surface area contributed by atoms with Gasteiger partial charge in [-0.2, -0.15) is 0 Å². The van der Waals surface area contributed by atoms with E-state index in [9.17, 15) is 4.79 Å². The second kappa shape index (κ2) is 5.96. The van der Waals surface area contributed by atoms with Gasteiger partial charge >= 0.3 is 0 Å². The van der Waals surface area contributed by atoms with Crippen LogP contribution in [-0.4, -0.2) is 29.0 Å². The van der Waals surface area contributed by atoms with Gasteiger partial charge in [0.25, 0.3) is 0 Å². The standard InChI is InChI=1S/C20H28N4O/c25-18(20-10-14-7-15(11-20)9-16(8-14)12-20)22-13-17-3-4-21-19(23-17)24-5-1-2-6-24/h3-4,14-16H,1-2,5-13H2,(H,22,25). The van der Waals surface area contributed by atoms with E-state index in [-0.39, 0.29) is 11.3 Å². The van der Waals surface area contributed by atoms with Crippen molar-refractivity contribution in [3.63, 3.8) is 0 Å². The molecule has 4 aliphatic carbocycles. The van der Waals surface area contributed by atoms with Crippen molar-refractivity contribution < 1.29 is 4.79 Å². The minimum absolute atomic E-state index is 0.0699. The van der Waals surface area contributed by atoms with E-state index in [1.54, 1.807) is 0 Å². The third-order valence-electron chi connectivity index (χ3n) is 7.04. The predicted octanol–water partition coefficient (Wildman–Crippen LogP) is 2.91. The summed E-state index contributed by atoms with van der Waals surface area (Å²) in [4.78, 5) is 24.4. The molecule has 1 amide bonds. The van der Waals surface area contributed by atoms with Gasteiger partial charge in [0, 0.05) is 24.7 Å². The number of anilines is 1. The average molecular weight is 340 g/mol. The molecule has 0 radical (unpaired) electrons. The molecule has 6 rings (SSSR count). The molecular weight excluding hydrogens is 312 g/mol. The highest BCUT2D eigenvalue weighted by Crippen LogP contribution is 2.60. The van der Waals surface area contributed by atoms with Crippen molar-refractivity contribution in [1.29, 1.82) is 0 Å². The van der Waals surface area contributed by atoms with Crippen molar-refractivity contribution in [2.45, 2.75) is 57.9 Å². The van der Waals surface area contributed by atoms with Gasteiger partial charge in [0.05, 0.1) is 12.2 Å². The third-order valence-corrected chi connectivity index (χ3v) is 7.04. The number of aromatic nitrogens is 2.